The highest BCUT2D eigenvalue weighted by Crippen LogP contribution is 2.34. The second kappa shape index (κ2) is 13.8. The number of carbonyl (C=O) groups is 3. The van der Waals surface area contributed by atoms with Gasteiger partial charge in [0.05, 0.1) is 4.92 Å². The molecule has 1 unspecified atom stereocenters. The number of amides is 3. The number of piperazine rings is 1. The molecule has 47 heavy (non-hydrogen) atoms. The van der Waals surface area contributed by atoms with Gasteiger partial charge in [0, 0.05) is 63.4 Å². The fourth-order valence-corrected chi connectivity index (χ4v) is 6.16. The van der Waals surface area contributed by atoms with Gasteiger partial charge in [0.25, 0.3) is 5.91 Å². The number of hydrogen-bond acceptors (Lipinski definition) is 7. The van der Waals surface area contributed by atoms with E-state index in [0.29, 0.717) is 37.5 Å². The molecule has 240 valence electrons. The van der Waals surface area contributed by atoms with E-state index in [9.17, 15) is 24.5 Å². The van der Waals surface area contributed by atoms with Crippen LogP contribution >= 0.6 is 0 Å². The lowest BCUT2D eigenvalue weighted by atomic mass is 10.0. The summed E-state index contributed by atoms with van der Waals surface area (Å²) in [5.74, 6) is -1.03. The van der Waals surface area contributed by atoms with Crippen molar-refractivity contribution in [2.24, 2.45) is 0 Å². The molecule has 0 saturated carbocycles. The van der Waals surface area contributed by atoms with Gasteiger partial charge < -0.3 is 19.9 Å². The van der Waals surface area contributed by atoms with Crippen LogP contribution in [0.1, 0.15) is 21.5 Å². The number of nitro benzene ring substituents is 1. The van der Waals surface area contributed by atoms with Crippen LogP contribution in [0.15, 0.2) is 97.6 Å². The molecule has 4 aromatic carbocycles. The van der Waals surface area contributed by atoms with E-state index in [1.807, 2.05) is 54.6 Å². The van der Waals surface area contributed by atoms with E-state index >= 15 is 0 Å². The van der Waals surface area contributed by atoms with Crippen LogP contribution in [0, 0.1) is 10.1 Å². The topological polar surface area (TPSA) is 125 Å². The number of hydrogen-bond donors (Lipinski definition) is 1. The van der Waals surface area contributed by atoms with Gasteiger partial charge in [-0.25, -0.2) is 0 Å². The van der Waals surface area contributed by atoms with E-state index in [1.54, 1.807) is 23.1 Å². The molecule has 4 bridgehead atoms. The van der Waals surface area contributed by atoms with Gasteiger partial charge in [-0.15, -0.1) is 6.58 Å². The predicted molar refractivity (Wildman–Crippen MR) is 177 cm³/mol. The van der Waals surface area contributed by atoms with Crippen molar-refractivity contribution in [3.8, 4) is 11.5 Å². The Balaban J connectivity index is 1.38. The Labute approximate surface area is 272 Å². The van der Waals surface area contributed by atoms with Gasteiger partial charge in [-0.05, 0) is 40.1 Å². The molecule has 1 saturated heterocycles. The van der Waals surface area contributed by atoms with E-state index < -0.39 is 22.8 Å². The Morgan fingerprint density at radius 1 is 0.979 bits per heavy atom. The van der Waals surface area contributed by atoms with Crippen molar-refractivity contribution in [1.29, 1.82) is 0 Å². The number of nitro groups is 1. The van der Waals surface area contributed by atoms with E-state index in [0.717, 1.165) is 22.9 Å². The van der Waals surface area contributed by atoms with Gasteiger partial charge in [0.2, 0.25) is 17.6 Å². The third kappa shape index (κ3) is 7.15. The third-order valence-electron chi connectivity index (χ3n) is 8.54. The van der Waals surface area contributed by atoms with Crippen LogP contribution in [-0.2, 0) is 22.6 Å². The number of carbonyl (C=O) groups excluding carboxylic acids is 3. The molecular weight excluding hydrogens is 598 g/mol. The minimum absolute atomic E-state index is 0.0870. The summed E-state index contributed by atoms with van der Waals surface area (Å²) in [4.78, 5) is 58.5. The summed E-state index contributed by atoms with van der Waals surface area (Å²) in [5, 5.41) is 16.8. The molecule has 2 heterocycles. The average molecular weight is 634 g/mol. The Hall–Kier alpha value is -5.55. The lowest BCUT2D eigenvalue weighted by molar-refractivity contribution is -0.385. The van der Waals surface area contributed by atoms with Crippen LogP contribution < -0.4 is 10.1 Å². The quantitative estimate of drug-likeness (QED) is 0.188. The summed E-state index contributed by atoms with van der Waals surface area (Å²) in [7, 11) is 0. The maximum atomic E-state index is 14.1. The molecule has 6 rings (SSSR count). The summed E-state index contributed by atoms with van der Waals surface area (Å²) >= 11 is 0. The van der Waals surface area contributed by atoms with Crippen molar-refractivity contribution < 1.29 is 24.0 Å². The van der Waals surface area contributed by atoms with Gasteiger partial charge in [-0.3, -0.25) is 29.4 Å². The molecule has 0 radical (unpaired) electrons. The minimum atomic E-state index is -0.909. The van der Waals surface area contributed by atoms with Crippen LogP contribution in [0.3, 0.4) is 0 Å². The van der Waals surface area contributed by atoms with E-state index in [2.05, 4.69) is 16.8 Å². The van der Waals surface area contributed by atoms with Crippen molar-refractivity contribution in [2.45, 2.75) is 19.0 Å². The molecular formula is C36H35N5O6. The monoisotopic (exact) mass is 633 g/mol. The summed E-state index contributed by atoms with van der Waals surface area (Å²) in [6, 6.07) is 23.4. The molecule has 11 nitrogen and oxygen atoms in total. The highest BCUT2D eigenvalue weighted by molar-refractivity contribution is 5.98. The van der Waals surface area contributed by atoms with Crippen molar-refractivity contribution in [3.63, 3.8) is 0 Å². The lowest BCUT2D eigenvalue weighted by Gasteiger charge is -2.36. The van der Waals surface area contributed by atoms with Crippen LogP contribution in [0.5, 0.6) is 11.5 Å². The average Bonchev–Trinajstić information content (AvgIpc) is 3.07. The van der Waals surface area contributed by atoms with Crippen LogP contribution in [0.25, 0.3) is 10.8 Å². The molecule has 3 amide bonds. The van der Waals surface area contributed by atoms with Gasteiger partial charge in [0.1, 0.15) is 18.3 Å². The normalized spacial score (nSPS) is 17.4. The zero-order chi connectivity index (χ0) is 32.9. The van der Waals surface area contributed by atoms with Gasteiger partial charge in [0.15, 0.2) is 0 Å². The first-order valence-corrected chi connectivity index (χ1v) is 15.5. The van der Waals surface area contributed by atoms with E-state index in [-0.39, 0.29) is 42.4 Å². The standard InChI is InChI=1S/C36H35N5O6/c1-2-15-38-16-18-39(19-17-38)36(44)31-21-25-7-5-11-29(20-25)47-33-22-27(13-14-32(33)41(45)46)35(43)40(24-34(42)37-31)23-28-10-6-9-26-8-3-4-12-30(26)28/h2-14,20,22,31H,1,15-19,21,23-24H2,(H,37,42). The van der Waals surface area contributed by atoms with E-state index in [1.165, 1.54) is 23.1 Å². The van der Waals surface area contributed by atoms with Crippen LogP contribution in [0.2, 0.25) is 0 Å². The summed E-state index contributed by atoms with van der Waals surface area (Å²) in [5.41, 5.74) is 1.34. The fourth-order valence-electron chi connectivity index (χ4n) is 6.16. The molecule has 1 fully saturated rings. The SMILES string of the molecule is C=CCN1CCN(C(=O)C2Cc3cccc(c3)Oc3cc(ccc3[N+](=O)[O-])C(=O)N(Cc3cccc4ccccc34)CC(=O)N2)CC1. The molecule has 1 atom stereocenters. The molecule has 0 aromatic heterocycles. The lowest BCUT2D eigenvalue weighted by Crippen LogP contribution is -2.56. The largest absolute Gasteiger partial charge is 0.450 e. The number of benzene rings is 4. The molecule has 2 aliphatic rings. The molecule has 0 aliphatic carbocycles. The first kappa shape index (κ1) is 31.4. The van der Waals surface area contributed by atoms with Crippen molar-refractivity contribution in [2.75, 3.05) is 39.3 Å². The molecule has 2 aliphatic heterocycles. The number of fused-ring (bicyclic) bond motifs is 5. The summed E-state index contributed by atoms with van der Waals surface area (Å²) in [6.45, 7) is 6.66. The van der Waals surface area contributed by atoms with Crippen molar-refractivity contribution in [3.05, 3.63) is 124 Å². The molecule has 1 N–H and O–H groups in total. The van der Waals surface area contributed by atoms with Crippen LogP contribution in [0.4, 0.5) is 5.69 Å². The summed E-state index contributed by atoms with van der Waals surface area (Å²) < 4.78 is 6.02. The Morgan fingerprint density at radius 3 is 2.53 bits per heavy atom. The van der Waals surface area contributed by atoms with Crippen LogP contribution in [-0.4, -0.2) is 82.7 Å². The molecule has 0 spiro atoms. The van der Waals surface area contributed by atoms with Gasteiger partial charge >= 0.3 is 5.69 Å². The second-order valence-corrected chi connectivity index (χ2v) is 11.7. The Morgan fingerprint density at radius 2 is 1.74 bits per heavy atom. The number of ether oxygens (including phenoxy) is 1. The number of nitrogens with zero attached hydrogens (tertiary/aromatic N) is 4. The van der Waals surface area contributed by atoms with E-state index in [4.69, 9.17) is 4.74 Å². The number of rotatable bonds is 6. The maximum absolute atomic E-state index is 14.1. The van der Waals surface area contributed by atoms with Crippen molar-refractivity contribution in [1.82, 2.24) is 20.0 Å². The van der Waals surface area contributed by atoms with Crippen molar-refractivity contribution >= 4 is 34.2 Å². The maximum Gasteiger partial charge on any atom is 0.311 e. The highest BCUT2D eigenvalue weighted by atomic mass is 16.6. The number of nitrogens with one attached hydrogen (secondary N) is 1. The van der Waals surface area contributed by atoms with Gasteiger partial charge in [-0.2, -0.15) is 0 Å². The Bertz CT molecular complexity index is 1850. The first-order chi connectivity index (χ1) is 22.8. The summed E-state index contributed by atoms with van der Waals surface area (Å²) in [6.07, 6.45) is 1.99. The smallest absolute Gasteiger partial charge is 0.311 e. The fraction of sp³-hybridized carbons (Fsp3) is 0.250. The minimum Gasteiger partial charge on any atom is -0.450 e. The second-order valence-electron chi connectivity index (χ2n) is 11.7. The zero-order valence-electron chi connectivity index (χ0n) is 25.8. The highest BCUT2D eigenvalue weighted by Gasteiger charge is 2.31. The Kier molecular flexibility index (Phi) is 9.25. The first-order valence-electron chi connectivity index (χ1n) is 15.5. The molecule has 11 heteroatoms. The third-order valence-corrected chi connectivity index (χ3v) is 8.54. The zero-order valence-corrected chi connectivity index (χ0v) is 25.8. The van der Waals surface area contributed by atoms with Gasteiger partial charge in [-0.1, -0.05) is 60.7 Å². The predicted octanol–water partition coefficient (Wildman–Crippen LogP) is 4.55. The molecule has 4 aromatic rings.